The van der Waals surface area contributed by atoms with Crippen molar-refractivity contribution in [1.29, 1.82) is 5.26 Å². The number of rotatable bonds is 2. The second kappa shape index (κ2) is 4.45. The van der Waals surface area contributed by atoms with Crippen molar-refractivity contribution in [1.82, 2.24) is 14.8 Å². The van der Waals surface area contributed by atoms with Gasteiger partial charge in [-0.25, -0.2) is 0 Å². The van der Waals surface area contributed by atoms with E-state index < -0.39 is 0 Å². The molecule has 17 heavy (non-hydrogen) atoms. The number of nitrogens with one attached hydrogen (secondary N) is 1. The highest BCUT2D eigenvalue weighted by Gasteiger charge is 2.13. The number of nitriles is 1. The molecule has 1 amide bonds. The summed E-state index contributed by atoms with van der Waals surface area (Å²) in [7, 11) is 1.65. The predicted octanol–water partition coefficient (Wildman–Crippen LogP) is 0.939. The molecule has 84 valence electrons. The van der Waals surface area contributed by atoms with Gasteiger partial charge < -0.3 is 5.32 Å². The molecule has 2 aromatic rings. The van der Waals surface area contributed by atoms with Crippen LogP contribution in [0.15, 0.2) is 30.6 Å². The van der Waals surface area contributed by atoms with Crippen molar-refractivity contribution in [2.45, 2.75) is 0 Å². The van der Waals surface area contributed by atoms with Gasteiger partial charge in [0.1, 0.15) is 23.1 Å². The molecule has 0 saturated heterocycles. The first-order chi connectivity index (χ1) is 8.22. The molecular weight excluding hydrogens is 218 g/mol. The molecule has 0 aliphatic carbocycles. The molecule has 6 nitrogen and oxygen atoms in total. The van der Waals surface area contributed by atoms with Gasteiger partial charge in [-0.3, -0.25) is 14.5 Å². The van der Waals surface area contributed by atoms with E-state index in [2.05, 4.69) is 15.4 Å². The second-order valence-electron chi connectivity index (χ2n) is 3.31. The monoisotopic (exact) mass is 227 g/mol. The first-order valence-corrected chi connectivity index (χ1v) is 4.87. The minimum Gasteiger partial charge on any atom is -0.304 e. The van der Waals surface area contributed by atoms with Gasteiger partial charge in [-0.1, -0.05) is 6.07 Å². The van der Waals surface area contributed by atoms with E-state index in [0.717, 1.165) is 0 Å². The van der Waals surface area contributed by atoms with E-state index in [1.165, 1.54) is 17.1 Å². The third-order valence-electron chi connectivity index (χ3n) is 2.19. The quantitative estimate of drug-likeness (QED) is 0.827. The lowest BCUT2D eigenvalue weighted by molar-refractivity contribution is 0.102. The zero-order chi connectivity index (χ0) is 12.3. The largest absolute Gasteiger partial charge is 0.304 e. The lowest BCUT2D eigenvalue weighted by Gasteiger charge is -2.04. The fourth-order valence-corrected chi connectivity index (χ4v) is 1.34. The van der Waals surface area contributed by atoms with E-state index in [9.17, 15) is 4.79 Å². The van der Waals surface area contributed by atoms with Gasteiger partial charge >= 0.3 is 0 Å². The van der Waals surface area contributed by atoms with Crippen molar-refractivity contribution >= 4 is 11.7 Å². The zero-order valence-electron chi connectivity index (χ0n) is 9.08. The van der Waals surface area contributed by atoms with Crippen LogP contribution >= 0.6 is 0 Å². The van der Waals surface area contributed by atoms with Crippen LogP contribution in [0.3, 0.4) is 0 Å². The number of nitrogens with zero attached hydrogens (tertiary/aromatic N) is 4. The Bertz CT molecular complexity index is 582. The second-order valence-corrected chi connectivity index (χ2v) is 3.31. The van der Waals surface area contributed by atoms with Gasteiger partial charge in [0.25, 0.3) is 5.91 Å². The number of anilines is 1. The summed E-state index contributed by atoms with van der Waals surface area (Å²) in [6.45, 7) is 0. The molecule has 0 atom stereocenters. The van der Waals surface area contributed by atoms with Crippen LogP contribution in [-0.2, 0) is 7.05 Å². The summed E-state index contributed by atoms with van der Waals surface area (Å²) >= 11 is 0. The Morgan fingerprint density at radius 3 is 3.00 bits per heavy atom. The van der Waals surface area contributed by atoms with Crippen molar-refractivity contribution in [2.24, 2.45) is 7.05 Å². The Morgan fingerprint density at radius 1 is 1.53 bits per heavy atom. The number of aryl methyl sites for hydroxylation is 1. The summed E-state index contributed by atoms with van der Waals surface area (Å²) in [5.74, 6) is -0.00569. The van der Waals surface area contributed by atoms with Gasteiger partial charge in [-0.15, -0.1) is 0 Å². The van der Waals surface area contributed by atoms with Crippen LogP contribution in [0.5, 0.6) is 0 Å². The van der Waals surface area contributed by atoms with Crippen LogP contribution in [0.25, 0.3) is 0 Å². The summed E-state index contributed by atoms with van der Waals surface area (Å²) in [5.41, 5.74) is 0.606. The van der Waals surface area contributed by atoms with Crippen molar-refractivity contribution < 1.29 is 4.79 Å². The van der Waals surface area contributed by atoms with E-state index in [4.69, 9.17) is 5.26 Å². The number of carbonyl (C=O) groups excluding carboxylic acids is 1. The van der Waals surface area contributed by atoms with E-state index >= 15 is 0 Å². The van der Waals surface area contributed by atoms with Crippen molar-refractivity contribution in [2.75, 3.05) is 5.32 Å². The molecule has 0 radical (unpaired) electrons. The topological polar surface area (TPSA) is 83.6 Å². The fraction of sp³-hybridized carbons (Fsp3) is 0.0909. The number of hydrogen-bond donors (Lipinski definition) is 1. The van der Waals surface area contributed by atoms with Crippen molar-refractivity contribution in [3.05, 3.63) is 41.9 Å². The highest BCUT2D eigenvalue weighted by Crippen LogP contribution is 2.13. The fourth-order valence-electron chi connectivity index (χ4n) is 1.34. The average Bonchev–Trinajstić information content (AvgIpc) is 2.71. The van der Waals surface area contributed by atoms with Gasteiger partial charge in [-0.05, 0) is 12.1 Å². The van der Waals surface area contributed by atoms with Gasteiger partial charge in [0.15, 0.2) is 0 Å². The Labute approximate surface area is 97.5 Å². The van der Waals surface area contributed by atoms with E-state index in [-0.39, 0.29) is 11.6 Å². The average molecular weight is 227 g/mol. The summed E-state index contributed by atoms with van der Waals surface area (Å²) in [4.78, 5) is 15.7. The van der Waals surface area contributed by atoms with E-state index in [1.54, 1.807) is 25.2 Å². The molecule has 0 fully saturated rings. The molecule has 0 aromatic carbocycles. The van der Waals surface area contributed by atoms with Crippen LogP contribution in [0.2, 0.25) is 0 Å². The standard InChI is InChI=1S/C11H9N5O/c1-16-10(8(6-12)7-14-16)15-11(17)9-4-2-3-5-13-9/h2-5,7H,1H3,(H,15,17). The van der Waals surface area contributed by atoms with Gasteiger partial charge in [-0.2, -0.15) is 10.4 Å². The summed E-state index contributed by atoms with van der Waals surface area (Å²) in [5, 5.41) is 15.3. The number of pyridine rings is 1. The third-order valence-corrected chi connectivity index (χ3v) is 2.19. The summed E-state index contributed by atoms with van der Waals surface area (Å²) in [6, 6.07) is 6.99. The third kappa shape index (κ3) is 2.13. The molecule has 0 aliphatic rings. The lowest BCUT2D eigenvalue weighted by Crippen LogP contribution is -2.16. The maximum absolute atomic E-state index is 11.8. The number of amides is 1. The van der Waals surface area contributed by atoms with Crippen LogP contribution in [0.4, 0.5) is 5.82 Å². The molecule has 0 unspecified atom stereocenters. The van der Waals surface area contributed by atoms with Crippen molar-refractivity contribution in [3.63, 3.8) is 0 Å². The van der Waals surface area contributed by atoms with E-state index in [1.807, 2.05) is 6.07 Å². The van der Waals surface area contributed by atoms with Crippen LogP contribution in [0, 0.1) is 11.3 Å². The Kier molecular flexibility index (Phi) is 2.83. The number of aromatic nitrogens is 3. The highest BCUT2D eigenvalue weighted by molar-refractivity contribution is 6.02. The summed E-state index contributed by atoms with van der Waals surface area (Å²) < 4.78 is 1.43. The predicted molar refractivity (Wildman–Crippen MR) is 60.1 cm³/mol. The van der Waals surface area contributed by atoms with Gasteiger partial charge in [0.05, 0.1) is 6.20 Å². The van der Waals surface area contributed by atoms with Gasteiger partial charge in [0.2, 0.25) is 0 Å². The SMILES string of the molecule is Cn1ncc(C#N)c1NC(=O)c1ccccn1. The molecular formula is C11H9N5O. The molecule has 0 aliphatic heterocycles. The molecule has 0 spiro atoms. The molecule has 6 heteroatoms. The van der Waals surface area contributed by atoms with Crippen LogP contribution < -0.4 is 5.32 Å². The van der Waals surface area contributed by atoms with Gasteiger partial charge in [0, 0.05) is 13.2 Å². The molecule has 1 N–H and O–H groups in total. The molecule has 2 heterocycles. The Morgan fingerprint density at radius 2 is 2.35 bits per heavy atom. The molecule has 0 bridgehead atoms. The minimum absolute atomic E-state index is 0.289. The Balaban J connectivity index is 2.25. The first kappa shape index (κ1) is 10.8. The molecule has 2 rings (SSSR count). The smallest absolute Gasteiger partial charge is 0.275 e. The summed E-state index contributed by atoms with van der Waals surface area (Å²) in [6.07, 6.45) is 2.93. The maximum Gasteiger partial charge on any atom is 0.275 e. The normalized spacial score (nSPS) is 9.65. The van der Waals surface area contributed by atoms with Crippen molar-refractivity contribution in [3.8, 4) is 6.07 Å². The maximum atomic E-state index is 11.8. The van der Waals surface area contributed by atoms with Crippen LogP contribution in [-0.4, -0.2) is 20.7 Å². The molecule has 0 saturated carbocycles. The number of carbonyl (C=O) groups is 1. The minimum atomic E-state index is -0.370. The number of hydrogen-bond acceptors (Lipinski definition) is 4. The Hall–Kier alpha value is -2.68. The van der Waals surface area contributed by atoms with E-state index in [0.29, 0.717) is 11.4 Å². The lowest BCUT2D eigenvalue weighted by atomic mass is 10.3. The highest BCUT2D eigenvalue weighted by atomic mass is 16.2. The molecule has 2 aromatic heterocycles. The van der Waals surface area contributed by atoms with Crippen LogP contribution in [0.1, 0.15) is 16.1 Å². The first-order valence-electron chi connectivity index (χ1n) is 4.87. The zero-order valence-corrected chi connectivity index (χ0v) is 9.08.